The Morgan fingerprint density at radius 1 is 0.792 bits per heavy atom. The maximum atomic E-state index is 11.7. The first-order valence-electron chi connectivity index (χ1n) is 15.0. The second-order valence-electron chi connectivity index (χ2n) is 11.1. The van der Waals surface area contributed by atoms with E-state index in [1.54, 1.807) is 55.6 Å². The maximum Gasteiger partial charge on any atom is 0.492 e. The average molecular weight is 656 g/mol. The normalized spacial score (nSPS) is 16.0. The fourth-order valence-corrected chi connectivity index (χ4v) is 5.62. The predicted octanol–water partition coefficient (Wildman–Crippen LogP) is 2.47. The molecule has 48 heavy (non-hydrogen) atoms. The maximum absolute atomic E-state index is 11.7. The second-order valence-corrected chi connectivity index (χ2v) is 11.1. The molecule has 14 nitrogen and oxygen atoms in total. The summed E-state index contributed by atoms with van der Waals surface area (Å²) in [5.74, 6) is 0.317. The molecule has 0 amide bonds. The predicted molar refractivity (Wildman–Crippen MR) is 176 cm³/mol. The van der Waals surface area contributed by atoms with Crippen molar-refractivity contribution in [1.29, 1.82) is 0 Å². The van der Waals surface area contributed by atoms with Crippen LogP contribution in [-0.2, 0) is 23.6 Å². The van der Waals surface area contributed by atoms with Gasteiger partial charge in [0.15, 0.2) is 0 Å². The lowest BCUT2D eigenvalue weighted by Gasteiger charge is -2.14. The third-order valence-electron chi connectivity index (χ3n) is 7.53. The molecule has 0 radical (unpaired) electrons. The van der Waals surface area contributed by atoms with Gasteiger partial charge in [0.1, 0.15) is 11.5 Å². The van der Waals surface area contributed by atoms with Crippen molar-refractivity contribution in [2.45, 2.75) is 45.8 Å². The summed E-state index contributed by atoms with van der Waals surface area (Å²) in [6.45, 7) is 5.74. The molecule has 6 rings (SSSR count). The molecule has 7 N–H and O–H groups in total. The number of carbonyl (C=O) groups is 2. The van der Waals surface area contributed by atoms with E-state index in [9.17, 15) is 19.6 Å². The summed E-state index contributed by atoms with van der Waals surface area (Å²) in [4.78, 5) is 30.8. The summed E-state index contributed by atoms with van der Waals surface area (Å²) in [5, 5.41) is 29.2. The third kappa shape index (κ3) is 8.04. The number of fused-ring (bicyclic) bond motifs is 2. The number of hydrogen-bond donors (Lipinski definition) is 5. The number of ether oxygens (including phenoxy) is 3. The molecule has 2 unspecified atom stereocenters. The SMILES string of the molecule is CCOC(=O)CC1OB(O)c2cc(Oc3cc(N)ccn3)cc(C)c21.Cc1cc(Oc2cc(N)ccn2)cc2c1C(CC(=O)O)OB2O. The third-order valence-corrected chi connectivity index (χ3v) is 7.53. The number of anilines is 2. The van der Waals surface area contributed by atoms with Crippen LogP contribution in [-0.4, -0.2) is 57.9 Å². The quantitative estimate of drug-likeness (QED) is 0.129. The first kappa shape index (κ1) is 34.2. The lowest BCUT2D eigenvalue weighted by atomic mass is 9.77. The van der Waals surface area contributed by atoms with E-state index in [1.807, 2.05) is 19.9 Å². The topological polar surface area (TPSA) is 219 Å². The summed E-state index contributed by atoms with van der Waals surface area (Å²) < 4.78 is 27.2. The minimum atomic E-state index is -1.18. The van der Waals surface area contributed by atoms with Crippen LogP contribution in [0.4, 0.5) is 11.4 Å². The minimum Gasteiger partial charge on any atom is -0.481 e. The van der Waals surface area contributed by atoms with Crippen molar-refractivity contribution in [3.05, 3.63) is 83.2 Å². The minimum absolute atomic E-state index is 0.0513. The van der Waals surface area contributed by atoms with Gasteiger partial charge < -0.3 is 50.1 Å². The standard InChI is InChI=1S/C17H19BN2O5.C15H15BN2O5/c1-3-23-16(21)9-14-17-10(2)6-12(8-13(17)18(22)25-14)24-15-7-11(19)4-5-20-15;1-8-4-10(22-13-5-9(17)2-3-18-13)6-11-15(8)12(7-14(19)20)23-16(11)21/h4-8,14,22H,3,9H2,1-2H3,(H2,19,20);2-6,12,21H,7H2,1H3,(H2,17,18)(H,19,20). The zero-order chi connectivity index (χ0) is 34.5. The number of aryl methyl sites for hydroxylation is 2. The van der Waals surface area contributed by atoms with E-state index in [2.05, 4.69) is 9.97 Å². The van der Waals surface area contributed by atoms with Crippen molar-refractivity contribution in [1.82, 2.24) is 9.97 Å². The van der Waals surface area contributed by atoms with Crippen LogP contribution in [0.2, 0.25) is 0 Å². The summed E-state index contributed by atoms with van der Waals surface area (Å²) >= 11 is 0. The van der Waals surface area contributed by atoms with E-state index in [1.165, 1.54) is 6.20 Å². The number of hydrogen-bond acceptors (Lipinski definition) is 13. The monoisotopic (exact) mass is 656 g/mol. The number of aromatic nitrogens is 2. The molecular weight excluding hydrogens is 622 g/mol. The van der Waals surface area contributed by atoms with Crippen molar-refractivity contribution in [2.24, 2.45) is 0 Å². The van der Waals surface area contributed by atoms with E-state index in [-0.39, 0.29) is 18.8 Å². The zero-order valence-electron chi connectivity index (χ0n) is 26.5. The summed E-state index contributed by atoms with van der Waals surface area (Å²) in [6, 6.07) is 13.4. The summed E-state index contributed by atoms with van der Waals surface area (Å²) in [6.07, 6.45) is 1.72. The highest BCUT2D eigenvalue weighted by Gasteiger charge is 2.39. The van der Waals surface area contributed by atoms with Gasteiger partial charge >= 0.3 is 26.2 Å². The number of nitrogens with two attached hydrogens (primary N) is 2. The number of aliphatic carboxylic acids is 1. The van der Waals surface area contributed by atoms with Gasteiger partial charge in [0.05, 0.1) is 31.7 Å². The molecule has 0 saturated heterocycles. The number of esters is 1. The number of benzene rings is 2. The molecule has 4 heterocycles. The van der Waals surface area contributed by atoms with Crippen LogP contribution in [0.1, 0.15) is 54.2 Å². The van der Waals surface area contributed by atoms with Gasteiger partial charge in [-0.1, -0.05) is 0 Å². The molecular formula is C32H34B2N4O10. The number of carboxylic acids is 1. The van der Waals surface area contributed by atoms with Gasteiger partial charge in [-0.3, -0.25) is 9.59 Å². The van der Waals surface area contributed by atoms with Crippen LogP contribution >= 0.6 is 0 Å². The molecule has 4 aromatic rings. The number of nitrogens with zero attached hydrogens (tertiary/aromatic N) is 2. The highest BCUT2D eigenvalue weighted by molar-refractivity contribution is 6.62. The fourth-order valence-electron chi connectivity index (χ4n) is 5.62. The first-order chi connectivity index (χ1) is 22.9. The van der Waals surface area contributed by atoms with E-state index in [0.29, 0.717) is 57.7 Å². The Morgan fingerprint density at radius 2 is 1.25 bits per heavy atom. The summed E-state index contributed by atoms with van der Waals surface area (Å²) in [7, 11) is -2.30. The van der Waals surface area contributed by atoms with Gasteiger partial charge in [-0.15, -0.1) is 0 Å². The molecule has 0 saturated carbocycles. The molecule has 2 aliphatic rings. The van der Waals surface area contributed by atoms with E-state index in [0.717, 1.165) is 16.7 Å². The van der Waals surface area contributed by atoms with Crippen molar-refractivity contribution in [3.63, 3.8) is 0 Å². The van der Waals surface area contributed by atoms with Crippen molar-refractivity contribution in [3.8, 4) is 23.3 Å². The highest BCUT2D eigenvalue weighted by Crippen LogP contribution is 2.34. The Labute approximate surface area is 276 Å². The number of pyridine rings is 2. The van der Waals surface area contributed by atoms with E-state index < -0.39 is 32.4 Å². The molecule has 2 aromatic heterocycles. The number of nitrogen functional groups attached to an aromatic ring is 2. The van der Waals surface area contributed by atoms with Crippen LogP contribution in [0.15, 0.2) is 60.9 Å². The van der Waals surface area contributed by atoms with Crippen LogP contribution < -0.4 is 31.9 Å². The lowest BCUT2D eigenvalue weighted by molar-refractivity contribution is -0.145. The first-order valence-corrected chi connectivity index (χ1v) is 15.0. The van der Waals surface area contributed by atoms with Gasteiger partial charge in [0.2, 0.25) is 11.8 Å². The van der Waals surface area contributed by atoms with Crippen molar-refractivity contribution >= 4 is 48.5 Å². The fraction of sp³-hybridized carbons (Fsp3) is 0.250. The van der Waals surface area contributed by atoms with Crippen LogP contribution in [0.5, 0.6) is 23.3 Å². The number of carboxylic acid groups (broad SMARTS) is 1. The van der Waals surface area contributed by atoms with Gasteiger partial charge in [0.25, 0.3) is 0 Å². The Balaban J connectivity index is 0.000000188. The molecule has 0 bridgehead atoms. The number of carbonyl (C=O) groups excluding carboxylic acids is 1. The van der Waals surface area contributed by atoms with Gasteiger partial charge in [-0.05, 0) is 90.3 Å². The van der Waals surface area contributed by atoms with Crippen molar-refractivity contribution in [2.75, 3.05) is 18.1 Å². The Morgan fingerprint density at radius 3 is 1.67 bits per heavy atom. The smallest absolute Gasteiger partial charge is 0.481 e. The zero-order valence-corrected chi connectivity index (χ0v) is 26.5. The molecule has 248 valence electrons. The van der Waals surface area contributed by atoms with Crippen molar-refractivity contribution < 1.29 is 48.3 Å². The summed E-state index contributed by atoms with van der Waals surface area (Å²) in [5.41, 5.74) is 16.7. The van der Waals surface area contributed by atoms with Gasteiger partial charge in [-0.2, -0.15) is 0 Å². The Kier molecular flexibility index (Phi) is 10.5. The van der Waals surface area contributed by atoms with E-state index in [4.69, 9.17) is 40.1 Å². The molecule has 2 aromatic carbocycles. The van der Waals surface area contributed by atoms with Gasteiger partial charge in [-0.25, -0.2) is 9.97 Å². The lowest BCUT2D eigenvalue weighted by Crippen LogP contribution is -2.28. The molecule has 2 atom stereocenters. The van der Waals surface area contributed by atoms with Gasteiger partial charge in [0, 0.05) is 35.9 Å². The average Bonchev–Trinajstić information content (AvgIpc) is 3.48. The van der Waals surface area contributed by atoms with Crippen LogP contribution in [0.25, 0.3) is 0 Å². The molecule has 0 fully saturated rings. The highest BCUT2D eigenvalue weighted by atomic mass is 16.6. The van der Waals surface area contributed by atoms with Crippen LogP contribution in [0.3, 0.4) is 0 Å². The largest absolute Gasteiger partial charge is 0.492 e. The molecule has 16 heteroatoms. The Bertz CT molecular complexity index is 1830. The molecule has 0 aliphatic carbocycles. The Hall–Kier alpha value is -5.15. The molecule has 2 aliphatic heterocycles. The second kappa shape index (κ2) is 14.7. The molecule has 0 spiro atoms. The van der Waals surface area contributed by atoms with Crippen LogP contribution in [0, 0.1) is 13.8 Å². The van der Waals surface area contributed by atoms with E-state index >= 15 is 0 Å². The number of rotatable bonds is 9.